The quantitative estimate of drug-likeness (QED) is 0.540. The van der Waals surface area contributed by atoms with Crippen molar-refractivity contribution in [3.63, 3.8) is 0 Å². The number of carbonyl (C=O) groups is 3. The second-order valence-electron chi connectivity index (χ2n) is 6.93. The molecule has 8 nitrogen and oxygen atoms in total. The van der Waals surface area contributed by atoms with E-state index in [2.05, 4.69) is 0 Å². The van der Waals surface area contributed by atoms with Crippen molar-refractivity contribution in [1.29, 1.82) is 5.26 Å². The second-order valence-corrected chi connectivity index (χ2v) is 6.93. The van der Waals surface area contributed by atoms with E-state index in [-0.39, 0.29) is 25.3 Å². The second kappa shape index (κ2) is 10.3. The number of nitrogens with zero attached hydrogens (tertiary/aromatic N) is 2. The van der Waals surface area contributed by atoms with Crippen molar-refractivity contribution in [1.82, 2.24) is 4.90 Å². The summed E-state index contributed by atoms with van der Waals surface area (Å²) in [6.45, 7) is 3.97. The van der Waals surface area contributed by atoms with Crippen molar-refractivity contribution in [3.8, 4) is 6.07 Å². The summed E-state index contributed by atoms with van der Waals surface area (Å²) in [7, 11) is 0. The third-order valence-corrected chi connectivity index (χ3v) is 4.14. The summed E-state index contributed by atoms with van der Waals surface area (Å²) in [5, 5.41) is 8.91. The highest BCUT2D eigenvalue weighted by molar-refractivity contribution is 5.89. The van der Waals surface area contributed by atoms with Crippen LogP contribution in [0.4, 0.5) is 0 Å². The molecule has 0 aliphatic carbocycles. The number of nitriles is 1. The van der Waals surface area contributed by atoms with Gasteiger partial charge in [-0.15, -0.1) is 0 Å². The van der Waals surface area contributed by atoms with Gasteiger partial charge in [-0.2, -0.15) is 5.26 Å². The minimum atomic E-state index is -0.968. The molecule has 0 aromatic heterocycles. The summed E-state index contributed by atoms with van der Waals surface area (Å²) >= 11 is 0. The Morgan fingerprint density at radius 2 is 1.74 bits per heavy atom. The normalized spacial score (nSPS) is 12.9. The van der Waals surface area contributed by atoms with Crippen LogP contribution in [0.1, 0.15) is 44.2 Å². The first kappa shape index (κ1) is 22.1. The zero-order valence-electron chi connectivity index (χ0n) is 15.7. The molecule has 1 rings (SSSR count). The Balaban J connectivity index is 3.12. The predicted molar refractivity (Wildman–Crippen MR) is 101 cm³/mol. The van der Waals surface area contributed by atoms with Crippen molar-refractivity contribution in [3.05, 3.63) is 35.4 Å². The Hall–Kier alpha value is -2.92. The van der Waals surface area contributed by atoms with E-state index in [1.54, 1.807) is 24.3 Å². The standard InChI is InChI=1S/C19H27N5O3/c1-12(2)9-16(18(23)26)24(19(27)15(21)7-8-17(22)25)11-14-5-3-13(10-20)4-6-14/h3-6,12,15-16H,7-9,11,21H2,1-2H3,(H2,22,25)(H2,23,26)/t15?,16-/m0/s1. The summed E-state index contributed by atoms with van der Waals surface area (Å²) < 4.78 is 0. The third-order valence-electron chi connectivity index (χ3n) is 4.14. The molecule has 1 aromatic carbocycles. The Morgan fingerprint density at radius 3 is 2.19 bits per heavy atom. The van der Waals surface area contributed by atoms with Gasteiger partial charge >= 0.3 is 0 Å². The highest BCUT2D eigenvalue weighted by Gasteiger charge is 2.32. The molecule has 8 heteroatoms. The lowest BCUT2D eigenvalue weighted by Crippen LogP contribution is -2.53. The number of hydrogen-bond acceptors (Lipinski definition) is 5. The minimum Gasteiger partial charge on any atom is -0.370 e. The average molecular weight is 373 g/mol. The summed E-state index contributed by atoms with van der Waals surface area (Å²) in [6.07, 6.45) is 0.453. The predicted octanol–water partition coefficient (Wildman–Crippen LogP) is 0.380. The average Bonchev–Trinajstić information content (AvgIpc) is 2.62. The van der Waals surface area contributed by atoms with E-state index in [9.17, 15) is 14.4 Å². The number of amides is 3. The number of rotatable bonds is 10. The fourth-order valence-corrected chi connectivity index (χ4v) is 2.70. The molecule has 1 aromatic rings. The molecule has 0 saturated heterocycles. The monoisotopic (exact) mass is 373 g/mol. The fraction of sp³-hybridized carbons (Fsp3) is 0.474. The molecule has 0 bridgehead atoms. The van der Waals surface area contributed by atoms with Crippen LogP contribution in [0.5, 0.6) is 0 Å². The van der Waals surface area contributed by atoms with E-state index in [1.807, 2.05) is 19.9 Å². The maximum atomic E-state index is 12.9. The van der Waals surface area contributed by atoms with Gasteiger partial charge in [0, 0.05) is 13.0 Å². The summed E-state index contributed by atoms with van der Waals surface area (Å²) in [4.78, 5) is 37.3. The van der Waals surface area contributed by atoms with E-state index in [4.69, 9.17) is 22.5 Å². The number of hydrogen-bond donors (Lipinski definition) is 3. The first-order valence-corrected chi connectivity index (χ1v) is 8.78. The maximum Gasteiger partial charge on any atom is 0.240 e. The van der Waals surface area contributed by atoms with E-state index in [0.29, 0.717) is 12.0 Å². The first-order valence-electron chi connectivity index (χ1n) is 8.78. The largest absolute Gasteiger partial charge is 0.370 e. The van der Waals surface area contributed by atoms with Gasteiger partial charge in [-0.3, -0.25) is 14.4 Å². The van der Waals surface area contributed by atoms with Crippen molar-refractivity contribution < 1.29 is 14.4 Å². The molecule has 6 N–H and O–H groups in total. The van der Waals surface area contributed by atoms with Crippen LogP contribution in [0.2, 0.25) is 0 Å². The van der Waals surface area contributed by atoms with Gasteiger partial charge in [-0.1, -0.05) is 26.0 Å². The molecule has 0 aliphatic rings. The molecule has 0 heterocycles. The van der Waals surface area contributed by atoms with Crippen LogP contribution in [-0.4, -0.2) is 34.7 Å². The van der Waals surface area contributed by atoms with Crippen LogP contribution in [0.25, 0.3) is 0 Å². The lowest BCUT2D eigenvalue weighted by molar-refractivity contribution is -0.142. The highest BCUT2D eigenvalue weighted by Crippen LogP contribution is 2.18. The molecule has 0 saturated carbocycles. The third kappa shape index (κ3) is 7.07. The van der Waals surface area contributed by atoms with Gasteiger partial charge in [0.05, 0.1) is 17.7 Å². The molecule has 2 atom stereocenters. The van der Waals surface area contributed by atoms with Crippen molar-refractivity contribution in [2.75, 3.05) is 0 Å². The van der Waals surface area contributed by atoms with Crippen molar-refractivity contribution in [2.24, 2.45) is 23.1 Å². The molecular formula is C19H27N5O3. The Morgan fingerprint density at radius 1 is 1.15 bits per heavy atom. The van der Waals surface area contributed by atoms with Crippen LogP contribution in [0.3, 0.4) is 0 Å². The smallest absolute Gasteiger partial charge is 0.240 e. The topological polar surface area (TPSA) is 156 Å². The van der Waals surface area contributed by atoms with Gasteiger partial charge in [0.15, 0.2) is 0 Å². The molecule has 0 aliphatic heterocycles. The lowest BCUT2D eigenvalue weighted by atomic mass is 9.99. The number of primary amides is 2. The Labute approximate surface area is 159 Å². The van der Waals surface area contributed by atoms with E-state index in [0.717, 1.165) is 5.56 Å². The lowest BCUT2D eigenvalue weighted by Gasteiger charge is -2.33. The Bertz CT molecular complexity index is 709. The first-order chi connectivity index (χ1) is 12.6. The van der Waals surface area contributed by atoms with Gasteiger partial charge in [0.2, 0.25) is 17.7 Å². The highest BCUT2D eigenvalue weighted by atomic mass is 16.2. The molecule has 0 spiro atoms. The van der Waals surface area contributed by atoms with Gasteiger partial charge in [-0.25, -0.2) is 0 Å². The van der Waals surface area contributed by atoms with Crippen LogP contribution in [0, 0.1) is 17.2 Å². The maximum absolute atomic E-state index is 12.9. The molecule has 1 unspecified atom stereocenters. The van der Waals surface area contributed by atoms with E-state index >= 15 is 0 Å². The summed E-state index contributed by atoms with van der Waals surface area (Å²) in [5.74, 6) is -1.51. The SMILES string of the molecule is CC(C)C[C@@H](C(N)=O)N(Cc1ccc(C#N)cc1)C(=O)C(N)CCC(N)=O. The van der Waals surface area contributed by atoms with E-state index < -0.39 is 29.8 Å². The number of benzene rings is 1. The molecular weight excluding hydrogens is 346 g/mol. The molecule has 146 valence electrons. The molecule has 0 radical (unpaired) electrons. The van der Waals surface area contributed by atoms with Crippen molar-refractivity contribution in [2.45, 2.75) is 51.7 Å². The van der Waals surface area contributed by atoms with Crippen LogP contribution in [-0.2, 0) is 20.9 Å². The van der Waals surface area contributed by atoms with Crippen LogP contribution in [0.15, 0.2) is 24.3 Å². The van der Waals surface area contributed by atoms with Gasteiger partial charge < -0.3 is 22.1 Å². The van der Waals surface area contributed by atoms with E-state index in [1.165, 1.54) is 4.90 Å². The number of carbonyl (C=O) groups excluding carboxylic acids is 3. The summed E-state index contributed by atoms with van der Waals surface area (Å²) in [5.41, 5.74) is 17.8. The zero-order chi connectivity index (χ0) is 20.6. The minimum absolute atomic E-state index is 0.0248. The summed E-state index contributed by atoms with van der Waals surface area (Å²) in [6, 6.07) is 6.91. The number of nitrogens with two attached hydrogens (primary N) is 3. The van der Waals surface area contributed by atoms with Gasteiger partial charge in [0.25, 0.3) is 0 Å². The fourth-order valence-electron chi connectivity index (χ4n) is 2.70. The van der Waals surface area contributed by atoms with Crippen molar-refractivity contribution >= 4 is 17.7 Å². The molecule has 3 amide bonds. The van der Waals surface area contributed by atoms with Crippen LogP contribution < -0.4 is 17.2 Å². The van der Waals surface area contributed by atoms with Crippen LogP contribution >= 0.6 is 0 Å². The van der Waals surface area contributed by atoms with Gasteiger partial charge in [0.1, 0.15) is 6.04 Å². The molecule has 0 fully saturated rings. The zero-order valence-corrected chi connectivity index (χ0v) is 15.7. The molecule has 27 heavy (non-hydrogen) atoms. The Kier molecular flexibility index (Phi) is 8.42. The van der Waals surface area contributed by atoms with Gasteiger partial charge in [-0.05, 0) is 36.5 Å².